The maximum atomic E-state index is 12.4. The maximum Gasteiger partial charge on any atom is 0.267 e. The van der Waals surface area contributed by atoms with Gasteiger partial charge < -0.3 is 14.7 Å². The first-order valence-electron chi connectivity index (χ1n) is 6.19. The van der Waals surface area contributed by atoms with E-state index in [0.29, 0.717) is 17.2 Å². The average molecular weight is 321 g/mol. The molecule has 0 saturated carbocycles. The molecule has 2 aromatic rings. The molecule has 2 rings (SSSR count). The van der Waals surface area contributed by atoms with Crippen molar-refractivity contribution in [1.29, 1.82) is 0 Å². The van der Waals surface area contributed by atoms with Crippen molar-refractivity contribution >= 4 is 28.6 Å². The smallest absolute Gasteiger partial charge is 0.267 e. The van der Waals surface area contributed by atoms with Crippen LogP contribution in [0, 0.1) is 11.8 Å². The van der Waals surface area contributed by atoms with Crippen molar-refractivity contribution in [3.8, 4) is 17.6 Å². The summed E-state index contributed by atoms with van der Waals surface area (Å²) in [5.74, 6) is 6.01. The molecular weight excluding hydrogens is 306 g/mol. The number of hydrogen-bond acceptors (Lipinski definition) is 5. The molecule has 0 radical (unpaired) electrons. The Morgan fingerprint density at radius 2 is 2.29 bits per heavy atom. The minimum absolute atomic E-state index is 0.0572. The zero-order valence-electron chi connectivity index (χ0n) is 11.8. The van der Waals surface area contributed by atoms with E-state index in [1.54, 1.807) is 36.5 Å². The Morgan fingerprint density at radius 3 is 3.00 bits per heavy atom. The van der Waals surface area contributed by atoms with Gasteiger partial charge in [-0.05, 0) is 17.5 Å². The molecule has 0 bridgehead atoms. The summed E-state index contributed by atoms with van der Waals surface area (Å²) in [5.41, 5.74) is 0.860. The van der Waals surface area contributed by atoms with Crippen LogP contribution in [0.15, 0.2) is 22.9 Å². The lowest BCUT2D eigenvalue weighted by Crippen LogP contribution is -2.25. The lowest BCUT2D eigenvalue weighted by Gasteiger charge is -2.15. The van der Waals surface area contributed by atoms with Crippen molar-refractivity contribution in [3.05, 3.63) is 38.2 Å². The highest BCUT2D eigenvalue weighted by Crippen LogP contribution is 2.26. The van der Waals surface area contributed by atoms with Gasteiger partial charge in [0.25, 0.3) is 5.91 Å². The highest BCUT2D eigenvalue weighted by Gasteiger charge is 2.18. The minimum Gasteiger partial charge on any atom is -0.495 e. The fraction of sp³-hybridized carbons (Fsp3) is 0.267. The van der Waals surface area contributed by atoms with Crippen LogP contribution < -0.4 is 4.74 Å². The van der Waals surface area contributed by atoms with Gasteiger partial charge in [-0.15, -0.1) is 22.7 Å². The Labute approximate surface area is 131 Å². The molecular formula is C15H15NO3S2. The fourth-order valence-corrected chi connectivity index (χ4v) is 3.48. The highest BCUT2D eigenvalue weighted by molar-refractivity contribution is 7.12. The molecule has 0 atom stereocenters. The van der Waals surface area contributed by atoms with Gasteiger partial charge in [-0.1, -0.05) is 11.8 Å². The first-order valence-corrected chi connectivity index (χ1v) is 7.95. The van der Waals surface area contributed by atoms with E-state index >= 15 is 0 Å². The van der Waals surface area contributed by atoms with E-state index in [4.69, 9.17) is 9.84 Å². The van der Waals surface area contributed by atoms with Crippen molar-refractivity contribution in [2.45, 2.75) is 6.54 Å². The van der Waals surface area contributed by atoms with Crippen LogP contribution in [0.25, 0.3) is 0 Å². The SMILES string of the molecule is COc1ccsc1C(=O)N(C)Cc1cc(C#CCO)cs1. The van der Waals surface area contributed by atoms with Gasteiger partial charge in [0, 0.05) is 22.9 Å². The number of carbonyl (C=O) groups is 1. The molecule has 2 aromatic heterocycles. The Hall–Kier alpha value is -1.81. The molecule has 110 valence electrons. The van der Waals surface area contributed by atoms with Gasteiger partial charge in [0.1, 0.15) is 17.2 Å². The second kappa shape index (κ2) is 7.27. The third-order valence-corrected chi connectivity index (χ3v) is 4.55. The Bertz CT molecular complexity index is 678. The molecule has 6 heteroatoms. The summed E-state index contributed by atoms with van der Waals surface area (Å²) in [6.45, 7) is 0.368. The third-order valence-electron chi connectivity index (χ3n) is 2.75. The van der Waals surface area contributed by atoms with Gasteiger partial charge in [-0.3, -0.25) is 4.79 Å². The Morgan fingerprint density at radius 1 is 1.48 bits per heavy atom. The van der Waals surface area contributed by atoms with E-state index in [1.807, 2.05) is 16.8 Å². The van der Waals surface area contributed by atoms with Crippen LogP contribution in [0.1, 0.15) is 20.1 Å². The lowest BCUT2D eigenvalue weighted by atomic mass is 10.3. The molecule has 0 aliphatic heterocycles. The predicted octanol–water partition coefficient (Wildman–Crippen LogP) is 2.43. The monoisotopic (exact) mass is 321 g/mol. The topological polar surface area (TPSA) is 49.8 Å². The van der Waals surface area contributed by atoms with Crippen LogP contribution in [-0.2, 0) is 6.54 Å². The van der Waals surface area contributed by atoms with Crippen molar-refractivity contribution in [2.24, 2.45) is 0 Å². The van der Waals surface area contributed by atoms with Crippen LogP contribution in [-0.4, -0.2) is 36.7 Å². The molecule has 0 aromatic carbocycles. The van der Waals surface area contributed by atoms with E-state index in [2.05, 4.69) is 11.8 Å². The summed E-state index contributed by atoms with van der Waals surface area (Å²) < 4.78 is 5.18. The number of aliphatic hydroxyl groups is 1. The first-order chi connectivity index (χ1) is 10.2. The third kappa shape index (κ3) is 3.85. The summed E-state index contributed by atoms with van der Waals surface area (Å²) in [6, 6.07) is 3.72. The van der Waals surface area contributed by atoms with Gasteiger partial charge in [0.05, 0.1) is 13.7 Å². The molecule has 21 heavy (non-hydrogen) atoms. The Kier molecular flexibility index (Phi) is 5.39. The predicted molar refractivity (Wildman–Crippen MR) is 85.0 cm³/mol. The van der Waals surface area contributed by atoms with E-state index in [1.165, 1.54) is 11.3 Å². The number of thiophene rings is 2. The van der Waals surface area contributed by atoms with Crippen LogP contribution in [0.4, 0.5) is 0 Å². The quantitative estimate of drug-likeness (QED) is 0.880. The molecule has 2 heterocycles. The van der Waals surface area contributed by atoms with Crippen LogP contribution in [0.2, 0.25) is 0 Å². The van der Waals surface area contributed by atoms with Gasteiger partial charge in [0.15, 0.2) is 0 Å². The normalized spacial score (nSPS) is 9.86. The van der Waals surface area contributed by atoms with Gasteiger partial charge >= 0.3 is 0 Å². The second-order valence-electron chi connectivity index (χ2n) is 4.24. The zero-order chi connectivity index (χ0) is 15.2. The first kappa shape index (κ1) is 15.6. The minimum atomic E-state index is -0.151. The molecule has 1 amide bonds. The number of aliphatic hydroxyl groups excluding tert-OH is 1. The van der Waals surface area contributed by atoms with Gasteiger partial charge in [-0.2, -0.15) is 0 Å². The second-order valence-corrected chi connectivity index (χ2v) is 6.15. The summed E-state index contributed by atoms with van der Waals surface area (Å²) >= 11 is 2.92. The number of methoxy groups -OCH3 is 1. The van der Waals surface area contributed by atoms with E-state index < -0.39 is 0 Å². The molecule has 1 N–H and O–H groups in total. The molecule has 0 saturated heterocycles. The maximum absolute atomic E-state index is 12.4. The summed E-state index contributed by atoms with van der Waals surface area (Å²) in [5, 5.41) is 12.4. The molecule has 4 nitrogen and oxygen atoms in total. The molecule has 0 fully saturated rings. The fourth-order valence-electron chi connectivity index (χ4n) is 1.76. The largest absolute Gasteiger partial charge is 0.495 e. The van der Waals surface area contributed by atoms with E-state index in [-0.39, 0.29) is 12.5 Å². The van der Waals surface area contributed by atoms with Gasteiger partial charge in [-0.25, -0.2) is 0 Å². The molecule has 0 spiro atoms. The number of amides is 1. The number of hydrogen-bond donors (Lipinski definition) is 1. The summed E-state index contributed by atoms with van der Waals surface area (Å²) in [7, 11) is 3.32. The number of nitrogens with zero attached hydrogens (tertiary/aromatic N) is 1. The van der Waals surface area contributed by atoms with Crippen molar-refractivity contribution in [1.82, 2.24) is 4.90 Å². The molecule has 0 aliphatic rings. The van der Waals surface area contributed by atoms with Crippen LogP contribution in [0.3, 0.4) is 0 Å². The van der Waals surface area contributed by atoms with Crippen molar-refractivity contribution < 1.29 is 14.6 Å². The zero-order valence-corrected chi connectivity index (χ0v) is 13.4. The standard InChI is InChI=1S/C15H15NO3S2/c1-16(15(18)14-13(19-2)5-7-20-14)9-12-8-11(10-21-12)4-3-6-17/h5,7-8,10,17H,6,9H2,1-2H3. The van der Waals surface area contributed by atoms with Crippen LogP contribution >= 0.6 is 22.7 Å². The van der Waals surface area contributed by atoms with E-state index in [9.17, 15) is 4.79 Å². The average Bonchev–Trinajstić information content (AvgIpc) is 3.12. The van der Waals surface area contributed by atoms with Crippen molar-refractivity contribution in [2.75, 3.05) is 20.8 Å². The number of rotatable bonds is 4. The summed E-state index contributed by atoms with van der Waals surface area (Å²) in [6.07, 6.45) is 0. The van der Waals surface area contributed by atoms with Crippen LogP contribution in [0.5, 0.6) is 5.75 Å². The molecule has 0 aliphatic carbocycles. The van der Waals surface area contributed by atoms with Gasteiger partial charge in [0.2, 0.25) is 0 Å². The van der Waals surface area contributed by atoms with Crippen molar-refractivity contribution in [3.63, 3.8) is 0 Å². The number of carbonyl (C=O) groups excluding carboxylic acids is 1. The number of ether oxygens (including phenoxy) is 1. The Balaban J connectivity index is 2.05. The lowest BCUT2D eigenvalue weighted by molar-refractivity contribution is 0.0788. The molecule has 0 unspecified atom stereocenters. The summed E-state index contributed by atoms with van der Waals surface area (Å²) in [4.78, 5) is 15.7. The van der Waals surface area contributed by atoms with E-state index in [0.717, 1.165) is 10.4 Å². The highest BCUT2D eigenvalue weighted by atomic mass is 32.1.